The van der Waals surface area contributed by atoms with Crippen LogP contribution in [0.1, 0.15) is 55.6 Å². The van der Waals surface area contributed by atoms with Gasteiger partial charge in [-0.15, -0.1) is 0 Å². The minimum atomic E-state index is 0.311. The van der Waals surface area contributed by atoms with Crippen molar-refractivity contribution in [3.05, 3.63) is 35.4 Å². The number of halogens is 1. The van der Waals surface area contributed by atoms with Crippen molar-refractivity contribution >= 4 is 22.6 Å². The van der Waals surface area contributed by atoms with E-state index in [1.807, 2.05) is 0 Å². The van der Waals surface area contributed by atoms with Gasteiger partial charge in [0.2, 0.25) is 0 Å². The normalized spacial score (nSPS) is 13.9. The summed E-state index contributed by atoms with van der Waals surface area (Å²) < 4.78 is 0.654. The molecule has 0 aliphatic carbocycles. The molecule has 0 saturated heterocycles. The molecule has 84 valence electrons. The Bertz CT molecular complexity index is 298. The van der Waals surface area contributed by atoms with Gasteiger partial charge in [-0.3, -0.25) is 0 Å². The van der Waals surface area contributed by atoms with Gasteiger partial charge < -0.3 is 0 Å². The third kappa shape index (κ3) is 3.20. The lowest BCUT2D eigenvalue weighted by atomic mass is 9.82. The average Bonchev–Trinajstić information content (AvgIpc) is 2.28. The highest BCUT2D eigenvalue weighted by atomic mass is 127. The van der Waals surface area contributed by atoms with Crippen molar-refractivity contribution in [1.82, 2.24) is 0 Å². The van der Waals surface area contributed by atoms with Crippen LogP contribution in [0, 0.1) is 0 Å². The predicted molar refractivity (Wildman–Crippen MR) is 76.8 cm³/mol. The Morgan fingerprint density at radius 2 is 1.67 bits per heavy atom. The lowest BCUT2D eigenvalue weighted by Gasteiger charge is -2.23. The van der Waals surface area contributed by atoms with Crippen LogP contribution in [0.2, 0.25) is 0 Å². The maximum atomic E-state index is 2.51. The van der Waals surface area contributed by atoms with Crippen molar-refractivity contribution < 1.29 is 0 Å². The molecule has 1 rings (SSSR count). The van der Waals surface area contributed by atoms with E-state index in [1.165, 1.54) is 24.0 Å². The van der Waals surface area contributed by atoms with Crippen molar-refractivity contribution in [1.29, 1.82) is 0 Å². The van der Waals surface area contributed by atoms with E-state index in [9.17, 15) is 0 Å². The molecule has 1 heteroatoms. The molecule has 0 aliphatic rings. The minimum Gasteiger partial charge on any atom is -0.0774 e. The summed E-state index contributed by atoms with van der Waals surface area (Å²) in [6, 6.07) is 9.15. The standard InChI is InChI=1S/C14H21I/c1-5-13(15)11-7-9-12(10-8-11)14(3,4)6-2/h7-10,13H,5-6H2,1-4H3. The maximum Gasteiger partial charge on any atom is 0.0356 e. The molecule has 0 amide bonds. The van der Waals surface area contributed by atoms with Crippen LogP contribution in [0.25, 0.3) is 0 Å². The molecule has 0 bridgehead atoms. The minimum absolute atomic E-state index is 0.311. The third-order valence-corrected chi connectivity index (χ3v) is 4.90. The molecule has 0 aliphatic heterocycles. The van der Waals surface area contributed by atoms with Crippen molar-refractivity contribution in [2.75, 3.05) is 0 Å². The second-order valence-corrected chi connectivity index (χ2v) is 6.24. The van der Waals surface area contributed by atoms with E-state index in [4.69, 9.17) is 0 Å². The van der Waals surface area contributed by atoms with Gasteiger partial charge in [0, 0.05) is 3.92 Å². The number of alkyl halides is 1. The zero-order valence-corrected chi connectivity index (χ0v) is 12.3. The molecule has 15 heavy (non-hydrogen) atoms. The van der Waals surface area contributed by atoms with E-state index in [0.29, 0.717) is 9.34 Å². The molecule has 0 N–H and O–H groups in total. The lowest BCUT2D eigenvalue weighted by molar-refractivity contribution is 0.506. The molecule has 0 spiro atoms. The van der Waals surface area contributed by atoms with Gasteiger partial charge in [-0.05, 0) is 29.4 Å². The topological polar surface area (TPSA) is 0 Å². The largest absolute Gasteiger partial charge is 0.0774 e. The van der Waals surface area contributed by atoms with Crippen molar-refractivity contribution in [2.45, 2.75) is 49.9 Å². The predicted octanol–water partition coefficient (Wildman–Crippen LogP) is 5.26. The summed E-state index contributed by atoms with van der Waals surface area (Å²) in [5, 5.41) is 0. The van der Waals surface area contributed by atoms with Gasteiger partial charge in [0.25, 0.3) is 0 Å². The van der Waals surface area contributed by atoms with E-state index in [1.54, 1.807) is 0 Å². The summed E-state index contributed by atoms with van der Waals surface area (Å²) in [4.78, 5) is 0. The van der Waals surface area contributed by atoms with Crippen LogP contribution in [0.4, 0.5) is 0 Å². The summed E-state index contributed by atoms with van der Waals surface area (Å²) >= 11 is 2.51. The first-order valence-corrected chi connectivity index (χ1v) is 7.00. The molecular formula is C14H21I. The monoisotopic (exact) mass is 316 g/mol. The van der Waals surface area contributed by atoms with Gasteiger partial charge >= 0.3 is 0 Å². The highest BCUT2D eigenvalue weighted by molar-refractivity contribution is 14.1. The highest BCUT2D eigenvalue weighted by Crippen LogP contribution is 2.30. The van der Waals surface area contributed by atoms with Gasteiger partial charge in [-0.2, -0.15) is 0 Å². The van der Waals surface area contributed by atoms with Crippen molar-refractivity contribution in [2.24, 2.45) is 0 Å². The SMILES string of the molecule is CCC(I)c1ccc(C(C)(C)CC)cc1. The molecule has 1 atom stereocenters. The fraction of sp³-hybridized carbons (Fsp3) is 0.571. The van der Waals surface area contributed by atoms with Crippen LogP contribution in [0.3, 0.4) is 0 Å². The van der Waals surface area contributed by atoms with E-state index in [0.717, 1.165) is 0 Å². The summed E-state index contributed by atoms with van der Waals surface area (Å²) in [6.07, 6.45) is 2.39. The van der Waals surface area contributed by atoms with Crippen LogP contribution >= 0.6 is 22.6 Å². The molecule has 0 heterocycles. The first-order chi connectivity index (χ1) is 7.01. The van der Waals surface area contributed by atoms with Crippen LogP contribution in [0.15, 0.2) is 24.3 Å². The van der Waals surface area contributed by atoms with Crippen LogP contribution in [-0.4, -0.2) is 0 Å². The fourth-order valence-corrected chi connectivity index (χ4v) is 2.00. The molecule has 0 radical (unpaired) electrons. The summed E-state index contributed by atoms with van der Waals surface area (Å²) in [5.74, 6) is 0. The van der Waals surface area contributed by atoms with Crippen molar-refractivity contribution in [3.8, 4) is 0 Å². The molecular weight excluding hydrogens is 295 g/mol. The quantitative estimate of drug-likeness (QED) is 0.525. The maximum absolute atomic E-state index is 2.51. The molecule has 1 aromatic carbocycles. The fourth-order valence-electron chi connectivity index (χ4n) is 1.58. The zero-order valence-electron chi connectivity index (χ0n) is 10.2. The van der Waals surface area contributed by atoms with E-state index < -0.39 is 0 Å². The van der Waals surface area contributed by atoms with Crippen LogP contribution in [0.5, 0.6) is 0 Å². The first kappa shape index (κ1) is 13.0. The van der Waals surface area contributed by atoms with Crippen LogP contribution < -0.4 is 0 Å². The van der Waals surface area contributed by atoms with E-state index in [-0.39, 0.29) is 0 Å². The molecule has 1 aromatic rings. The zero-order chi connectivity index (χ0) is 11.5. The molecule has 1 unspecified atom stereocenters. The van der Waals surface area contributed by atoms with E-state index >= 15 is 0 Å². The Kier molecular flexibility index (Phi) is 4.63. The van der Waals surface area contributed by atoms with Gasteiger partial charge in [-0.25, -0.2) is 0 Å². The summed E-state index contributed by atoms with van der Waals surface area (Å²) in [5.41, 5.74) is 3.22. The Balaban J connectivity index is 2.90. The van der Waals surface area contributed by atoms with Crippen LogP contribution in [-0.2, 0) is 5.41 Å². The Labute approximate surface area is 108 Å². The number of benzene rings is 1. The number of rotatable bonds is 4. The average molecular weight is 316 g/mol. The Hall–Kier alpha value is -0.0500. The highest BCUT2D eigenvalue weighted by Gasteiger charge is 2.17. The summed E-state index contributed by atoms with van der Waals surface area (Å²) in [7, 11) is 0. The molecule has 0 saturated carbocycles. The Morgan fingerprint density at radius 1 is 1.13 bits per heavy atom. The lowest BCUT2D eigenvalue weighted by Crippen LogP contribution is -2.15. The second-order valence-electron chi connectivity index (χ2n) is 4.74. The second kappa shape index (κ2) is 5.33. The van der Waals surface area contributed by atoms with Gasteiger partial charge in [0.05, 0.1) is 0 Å². The smallest absolute Gasteiger partial charge is 0.0356 e. The third-order valence-electron chi connectivity index (χ3n) is 3.30. The summed E-state index contributed by atoms with van der Waals surface area (Å²) in [6.45, 7) is 9.11. The molecule has 0 fully saturated rings. The Morgan fingerprint density at radius 3 is 2.07 bits per heavy atom. The number of hydrogen-bond acceptors (Lipinski definition) is 0. The van der Waals surface area contributed by atoms with Crippen molar-refractivity contribution in [3.63, 3.8) is 0 Å². The van der Waals surface area contributed by atoms with E-state index in [2.05, 4.69) is 74.6 Å². The van der Waals surface area contributed by atoms with Gasteiger partial charge in [0.1, 0.15) is 0 Å². The van der Waals surface area contributed by atoms with Gasteiger partial charge in [-0.1, -0.05) is 74.6 Å². The van der Waals surface area contributed by atoms with Gasteiger partial charge in [0.15, 0.2) is 0 Å². The number of hydrogen-bond donors (Lipinski definition) is 0. The molecule has 0 aromatic heterocycles. The molecule has 0 nitrogen and oxygen atoms in total. The first-order valence-electron chi connectivity index (χ1n) is 5.75.